The molecule has 3 rings (SSSR count). The zero-order valence-corrected chi connectivity index (χ0v) is 15.6. The number of nitrogens with zero attached hydrogens (tertiary/aromatic N) is 2. The summed E-state index contributed by atoms with van der Waals surface area (Å²) in [5, 5.41) is 9.36. The molecular weight excluding hydrogens is 340 g/mol. The highest BCUT2D eigenvalue weighted by Gasteiger charge is 2.54. The van der Waals surface area contributed by atoms with Gasteiger partial charge in [-0.25, -0.2) is 4.79 Å². The summed E-state index contributed by atoms with van der Waals surface area (Å²) in [6.45, 7) is 5.60. The number of hydrogen-bond donors (Lipinski definition) is 0. The molecule has 1 aromatic rings. The first-order chi connectivity index (χ1) is 11.7. The number of hydrogen-bond acceptors (Lipinski definition) is 4. The summed E-state index contributed by atoms with van der Waals surface area (Å²) < 4.78 is 11.9. The number of amides is 1. The van der Waals surface area contributed by atoms with Crippen LogP contribution >= 0.6 is 11.6 Å². The summed E-state index contributed by atoms with van der Waals surface area (Å²) in [5.74, 6) is 0.570. The minimum Gasteiger partial charge on any atom is -0.468 e. The zero-order valence-electron chi connectivity index (χ0n) is 14.8. The highest BCUT2D eigenvalue weighted by Crippen LogP contribution is 2.46. The van der Waals surface area contributed by atoms with Crippen LogP contribution in [0.5, 0.6) is 5.75 Å². The van der Waals surface area contributed by atoms with Crippen LogP contribution in [0.2, 0.25) is 5.02 Å². The Labute approximate surface area is 153 Å². The molecule has 0 saturated carbocycles. The summed E-state index contributed by atoms with van der Waals surface area (Å²) in [7, 11) is 0. The van der Waals surface area contributed by atoms with Crippen molar-refractivity contribution in [3.8, 4) is 11.8 Å². The molecule has 0 aliphatic carbocycles. The standard InChI is InChI=1S/C19H23ClN2O3/c1-18(2,3)25-17(23)22-14-5-4-9-19(22,10-8-14)24-15-7-6-13(12-21)16(20)11-15/h6-7,11,14H,4-5,8-10H2,1-3H3. The van der Waals surface area contributed by atoms with Crippen LogP contribution in [0.4, 0.5) is 4.79 Å². The molecule has 25 heavy (non-hydrogen) atoms. The number of fused-ring (bicyclic) bond motifs is 2. The Morgan fingerprint density at radius 2 is 2.12 bits per heavy atom. The molecule has 5 nitrogen and oxygen atoms in total. The van der Waals surface area contributed by atoms with Gasteiger partial charge in [0.25, 0.3) is 0 Å². The second-order valence-electron chi connectivity index (χ2n) is 7.74. The molecule has 2 fully saturated rings. The molecule has 6 heteroatoms. The van der Waals surface area contributed by atoms with Crippen molar-refractivity contribution in [2.45, 2.75) is 70.2 Å². The van der Waals surface area contributed by atoms with Crippen LogP contribution in [0.15, 0.2) is 18.2 Å². The first-order valence-corrected chi connectivity index (χ1v) is 9.03. The van der Waals surface area contributed by atoms with Crippen LogP contribution in [0.25, 0.3) is 0 Å². The molecule has 0 spiro atoms. The normalized spacial score (nSPS) is 25.4. The Hall–Kier alpha value is -1.93. The van der Waals surface area contributed by atoms with Gasteiger partial charge in [0, 0.05) is 24.9 Å². The number of carbonyl (C=O) groups excluding carboxylic acids is 1. The molecule has 0 aromatic heterocycles. The van der Waals surface area contributed by atoms with Gasteiger partial charge in [-0.1, -0.05) is 11.6 Å². The van der Waals surface area contributed by atoms with Crippen molar-refractivity contribution in [2.75, 3.05) is 0 Å². The smallest absolute Gasteiger partial charge is 0.413 e. The van der Waals surface area contributed by atoms with E-state index in [2.05, 4.69) is 0 Å². The van der Waals surface area contributed by atoms with Gasteiger partial charge in [0.2, 0.25) is 0 Å². The quantitative estimate of drug-likeness (QED) is 0.752. The Balaban J connectivity index is 1.87. The lowest BCUT2D eigenvalue weighted by Gasteiger charge is -2.44. The molecule has 0 N–H and O–H groups in total. The fraction of sp³-hybridized carbons (Fsp3) is 0.579. The summed E-state index contributed by atoms with van der Waals surface area (Å²) in [5.41, 5.74) is -0.834. The maximum Gasteiger partial charge on any atom is 0.413 e. The summed E-state index contributed by atoms with van der Waals surface area (Å²) in [6, 6.07) is 7.20. The predicted molar refractivity (Wildman–Crippen MR) is 94.5 cm³/mol. The van der Waals surface area contributed by atoms with Gasteiger partial charge >= 0.3 is 6.09 Å². The Morgan fingerprint density at radius 3 is 2.76 bits per heavy atom. The number of nitriles is 1. The van der Waals surface area contributed by atoms with E-state index in [1.807, 2.05) is 26.8 Å². The Kier molecular flexibility index (Phi) is 4.59. The van der Waals surface area contributed by atoms with Gasteiger partial charge in [0.1, 0.15) is 17.4 Å². The van der Waals surface area contributed by atoms with Gasteiger partial charge in [-0.3, -0.25) is 4.90 Å². The lowest BCUT2D eigenvalue weighted by atomic mass is 10.00. The third kappa shape index (κ3) is 3.55. The van der Waals surface area contributed by atoms with E-state index >= 15 is 0 Å². The molecule has 134 valence electrons. The molecule has 2 bridgehead atoms. The number of halogens is 1. The SMILES string of the molecule is CC(C)(C)OC(=O)N1C2CCCC1(Oc1ccc(C#N)c(Cl)c1)CC2. The fourth-order valence-corrected chi connectivity index (χ4v) is 3.97. The molecule has 2 aliphatic heterocycles. The molecule has 1 aromatic carbocycles. The monoisotopic (exact) mass is 362 g/mol. The second-order valence-corrected chi connectivity index (χ2v) is 8.14. The molecule has 1 amide bonds. The van der Waals surface area contributed by atoms with Crippen LogP contribution < -0.4 is 4.74 Å². The van der Waals surface area contributed by atoms with Gasteiger partial charge < -0.3 is 9.47 Å². The highest BCUT2D eigenvalue weighted by molar-refractivity contribution is 6.31. The zero-order chi connectivity index (χ0) is 18.2. The van der Waals surface area contributed by atoms with E-state index in [1.165, 1.54) is 0 Å². The minimum atomic E-state index is -0.692. The van der Waals surface area contributed by atoms with E-state index in [4.69, 9.17) is 26.3 Å². The van der Waals surface area contributed by atoms with E-state index in [1.54, 1.807) is 23.1 Å². The number of ether oxygens (including phenoxy) is 2. The van der Waals surface area contributed by atoms with E-state index < -0.39 is 11.3 Å². The van der Waals surface area contributed by atoms with Crippen LogP contribution in [-0.4, -0.2) is 28.4 Å². The molecule has 2 atom stereocenters. The van der Waals surface area contributed by atoms with Crippen molar-refractivity contribution in [2.24, 2.45) is 0 Å². The van der Waals surface area contributed by atoms with Gasteiger partial charge in [-0.05, 0) is 52.2 Å². The molecule has 2 saturated heterocycles. The van der Waals surface area contributed by atoms with Gasteiger partial charge in [0.15, 0.2) is 5.72 Å². The minimum absolute atomic E-state index is 0.150. The van der Waals surface area contributed by atoms with Crippen molar-refractivity contribution in [3.05, 3.63) is 28.8 Å². The van der Waals surface area contributed by atoms with E-state index in [0.717, 1.165) is 32.1 Å². The lowest BCUT2D eigenvalue weighted by Crippen LogP contribution is -2.57. The molecule has 2 heterocycles. The van der Waals surface area contributed by atoms with E-state index in [-0.39, 0.29) is 12.1 Å². The number of rotatable bonds is 2. The third-order valence-corrected chi connectivity index (χ3v) is 5.05. The Morgan fingerprint density at radius 1 is 1.36 bits per heavy atom. The van der Waals surface area contributed by atoms with E-state index in [0.29, 0.717) is 16.3 Å². The summed E-state index contributed by atoms with van der Waals surface area (Å²) in [6.07, 6.45) is 4.10. The first-order valence-electron chi connectivity index (χ1n) is 8.65. The second kappa shape index (κ2) is 6.42. The van der Waals surface area contributed by atoms with Crippen LogP contribution in [0.3, 0.4) is 0 Å². The van der Waals surface area contributed by atoms with Gasteiger partial charge in [-0.2, -0.15) is 5.26 Å². The molecule has 2 unspecified atom stereocenters. The third-order valence-electron chi connectivity index (χ3n) is 4.74. The first kappa shape index (κ1) is 17.9. The highest BCUT2D eigenvalue weighted by atomic mass is 35.5. The molecular formula is C19H23ClN2O3. The van der Waals surface area contributed by atoms with Crippen molar-refractivity contribution in [1.82, 2.24) is 4.90 Å². The molecule has 0 radical (unpaired) electrons. The van der Waals surface area contributed by atoms with Gasteiger partial charge in [0.05, 0.1) is 10.6 Å². The largest absolute Gasteiger partial charge is 0.468 e. The van der Waals surface area contributed by atoms with Crippen molar-refractivity contribution in [1.29, 1.82) is 5.26 Å². The van der Waals surface area contributed by atoms with Crippen molar-refractivity contribution >= 4 is 17.7 Å². The van der Waals surface area contributed by atoms with Crippen molar-refractivity contribution in [3.63, 3.8) is 0 Å². The van der Waals surface area contributed by atoms with Crippen molar-refractivity contribution < 1.29 is 14.3 Å². The van der Waals surface area contributed by atoms with Crippen LogP contribution in [0.1, 0.15) is 58.4 Å². The average Bonchev–Trinajstić information content (AvgIpc) is 2.72. The fourth-order valence-electron chi connectivity index (χ4n) is 3.75. The maximum atomic E-state index is 12.8. The average molecular weight is 363 g/mol. The van der Waals surface area contributed by atoms with Crippen LogP contribution in [-0.2, 0) is 4.74 Å². The number of benzene rings is 1. The predicted octanol–water partition coefficient (Wildman–Crippen LogP) is 4.87. The van der Waals surface area contributed by atoms with Gasteiger partial charge in [-0.15, -0.1) is 0 Å². The maximum absolute atomic E-state index is 12.8. The summed E-state index contributed by atoms with van der Waals surface area (Å²) >= 11 is 6.12. The molecule has 2 aliphatic rings. The number of piperidine rings is 1. The number of carbonyl (C=O) groups is 1. The van der Waals surface area contributed by atoms with E-state index in [9.17, 15) is 4.79 Å². The Bertz CT molecular complexity index is 718. The summed E-state index contributed by atoms with van der Waals surface area (Å²) in [4.78, 5) is 14.6. The lowest BCUT2D eigenvalue weighted by molar-refractivity contribution is -0.0972. The topological polar surface area (TPSA) is 62.6 Å². The van der Waals surface area contributed by atoms with Crippen LogP contribution in [0, 0.1) is 11.3 Å².